The minimum Gasteiger partial charge on any atom is -0.453 e. The molecule has 0 heterocycles. The van der Waals surface area contributed by atoms with Crippen LogP contribution in [0.1, 0.15) is 5.56 Å². The molecule has 0 N–H and O–H groups in total. The number of nitrogens with zero attached hydrogens (tertiary/aromatic N) is 2. The highest BCUT2D eigenvalue weighted by atomic mass is 79.9. The zero-order chi connectivity index (χ0) is 16.4. The zero-order valence-corrected chi connectivity index (χ0v) is 12.0. The summed E-state index contributed by atoms with van der Waals surface area (Å²) in [6.07, 6.45) is 0. The quantitative estimate of drug-likeness (QED) is 0.453. The summed E-state index contributed by atoms with van der Waals surface area (Å²) in [7, 11) is 0. The molecule has 2 aromatic carbocycles. The molecule has 0 radical (unpaired) electrons. The van der Waals surface area contributed by atoms with Gasteiger partial charge in [0.1, 0.15) is 17.6 Å². The topological polar surface area (TPSA) is 76.2 Å². The van der Waals surface area contributed by atoms with E-state index >= 15 is 0 Å². The standard InChI is InChI=1S/C13H4BrF3N2O3/c14-8-4-10(19(20)21)11(16)12(17)13(8)22-7-1-2-9(15)6(3-7)5-18/h1-4H. The van der Waals surface area contributed by atoms with Gasteiger partial charge in [-0.05, 0) is 28.1 Å². The molecule has 0 aliphatic carbocycles. The number of nitro groups is 1. The SMILES string of the molecule is N#Cc1cc(Oc2c(Br)cc([N+](=O)[O-])c(F)c2F)ccc1F. The molecule has 0 atom stereocenters. The molecular formula is C13H4BrF3N2O3. The van der Waals surface area contributed by atoms with Crippen molar-refractivity contribution in [2.75, 3.05) is 0 Å². The van der Waals surface area contributed by atoms with Crippen LogP contribution in [0.2, 0.25) is 0 Å². The fourth-order valence-corrected chi connectivity index (χ4v) is 2.04. The summed E-state index contributed by atoms with van der Waals surface area (Å²) in [5, 5.41) is 19.3. The van der Waals surface area contributed by atoms with Crippen LogP contribution in [0.3, 0.4) is 0 Å². The Labute approximate surface area is 129 Å². The first kappa shape index (κ1) is 15.8. The molecule has 0 unspecified atom stereocenters. The molecule has 0 spiro atoms. The summed E-state index contributed by atoms with van der Waals surface area (Å²) in [6.45, 7) is 0. The van der Waals surface area contributed by atoms with Crippen molar-refractivity contribution in [2.24, 2.45) is 0 Å². The summed E-state index contributed by atoms with van der Waals surface area (Å²) in [6, 6.07) is 5.30. The lowest BCUT2D eigenvalue weighted by molar-refractivity contribution is -0.387. The van der Waals surface area contributed by atoms with Gasteiger partial charge < -0.3 is 4.74 Å². The molecule has 0 fully saturated rings. The first-order valence-electron chi connectivity index (χ1n) is 5.54. The molecule has 0 bridgehead atoms. The molecule has 2 aromatic rings. The smallest absolute Gasteiger partial charge is 0.309 e. The van der Waals surface area contributed by atoms with Crippen molar-refractivity contribution in [3.63, 3.8) is 0 Å². The number of ether oxygens (including phenoxy) is 1. The molecule has 0 aliphatic heterocycles. The number of nitriles is 1. The first-order valence-corrected chi connectivity index (χ1v) is 6.33. The summed E-state index contributed by atoms with van der Waals surface area (Å²) in [5.41, 5.74) is -1.41. The molecule has 0 aromatic heterocycles. The van der Waals surface area contributed by atoms with Crippen molar-refractivity contribution < 1.29 is 22.8 Å². The Bertz CT molecular complexity index is 821. The summed E-state index contributed by atoms with van der Waals surface area (Å²) >= 11 is 2.83. The highest BCUT2D eigenvalue weighted by Gasteiger charge is 2.26. The second kappa shape index (κ2) is 6.03. The Kier molecular flexibility index (Phi) is 4.32. The maximum Gasteiger partial charge on any atom is 0.309 e. The van der Waals surface area contributed by atoms with E-state index in [9.17, 15) is 23.3 Å². The lowest BCUT2D eigenvalue weighted by Crippen LogP contribution is -2.00. The van der Waals surface area contributed by atoms with Crippen LogP contribution in [0.15, 0.2) is 28.7 Å². The predicted molar refractivity (Wildman–Crippen MR) is 71.9 cm³/mol. The van der Waals surface area contributed by atoms with Gasteiger partial charge in [0.2, 0.25) is 11.6 Å². The summed E-state index contributed by atoms with van der Waals surface area (Å²) < 4.78 is 45.5. The molecule has 22 heavy (non-hydrogen) atoms. The van der Waals surface area contributed by atoms with Crippen LogP contribution >= 0.6 is 15.9 Å². The van der Waals surface area contributed by atoms with Crippen molar-refractivity contribution >= 4 is 21.6 Å². The van der Waals surface area contributed by atoms with Crippen LogP contribution in [0.5, 0.6) is 11.5 Å². The van der Waals surface area contributed by atoms with Gasteiger partial charge in [0.15, 0.2) is 5.75 Å². The van der Waals surface area contributed by atoms with Gasteiger partial charge in [0.25, 0.3) is 0 Å². The largest absolute Gasteiger partial charge is 0.453 e. The number of halogens is 4. The second-order valence-electron chi connectivity index (χ2n) is 3.95. The van der Waals surface area contributed by atoms with Gasteiger partial charge in [-0.1, -0.05) is 0 Å². The molecule has 0 aliphatic rings. The van der Waals surface area contributed by atoms with Crippen molar-refractivity contribution in [2.45, 2.75) is 0 Å². The van der Waals surface area contributed by atoms with Crippen molar-refractivity contribution in [1.82, 2.24) is 0 Å². The maximum atomic E-state index is 13.9. The van der Waals surface area contributed by atoms with Crippen molar-refractivity contribution in [3.8, 4) is 17.6 Å². The lowest BCUT2D eigenvalue weighted by Gasteiger charge is -2.10. The lowest BCUT2D eigenvalue weighted by atomic mass is 10.2. The Morgan fingerprint density at radius 3 is 2.50 bits per heavy atom. The normalized spacial score (nSPS) is 10.1. The number of benzene rings is 2. The van der Waals surface area contributed by atoms with Crippen LogP contribution in [-0.4, -0.2) is 4.92 Å². The number of nitro benzene ring substituents is 1. The first-order chi connectivity index (χ1) is 10.3. The van der Waals surface area contributed by atoms with Crippen LogP contribution in [0.25, 0.3) is 0 Å². The third-order valence-corrected chi connectivity index (χ3v) is 3.16. The monoisotopic (exact) mass is 372 g/mol. The molecule has 0 amide bonds. The van der Waals surface area contributed by atoms with Crippen molar-refractivity contribution in [3.05, 3.63) is 61.9 Å². The molecule has 0 saturated carbocycles. The van der Waals surface area contributed by atoms with E-state index < -0.39 is 33.8 Å². The Balaban J connectivity index is 2.49. The highest BCUT2D eigenvalue weighted by molar-refractivity contribution is 9.10. The highest BCUT2D eigenvalue weighted by Crippen LogP contribution is 2.38. The average Bonchev–Trinajstić information content (AvgIpc) is 2.48. The van der Waals surface area contributed by atoms with Gasteiger partial charge in [-0.3, -0.25) is 10.1 Å². The number of hydrogen-bond acceptors (Lipinski definition) is 4. The predicted octanol–water partition coefficient (Wildman–Crippen LogP) is 4.44. The minimum atomic E-state index is -1.69. The van der Waals surface area contributed by atoms with E-state index in [4.69, 9.17) is 10.00 Å². The van der Waals surface area contributed by atoms with E-state index in [0.29, 0.717) is 0 Å². The maximum absolute atomic E-state index is 13.9. The third kappa shape index (κ3) is 2.87. The number of hydrogen-bond donors (Lipinski definition) is 0. The fraction of sp³-hybridized carbons (Fsp3) is 0. The van der Waals surface area contributed by atoms with Gasteiger partial charge in [-0.15, -0.1) is 0 Å². The fourth-order valence-electron chi connectivity index (χ4n) is 1.56. The van der Waals surface area contributed by atoms with E-state index in [1.807, 2.05) is 0 Å². The van der Waals surface area contributed by atoms with Gasteiger partial charge in [-0.2, -0.15) is 14.0 Å². The summed E-state index contributed by atoms with van der Waals surface area (Å²) in [5.74, 6) is -4.86. The van der Waals surface area contributed by atoms with E-state index in [2.05, 4.69) is 15.9 Å². The van der Waals surface area contributed by atoms with Gasteiger partial charge in [-0.25, -0.2) is 4.39 Å². The molecule has 0 saturated heterocycles. The molecule has 112 valence electrons. The average molecular weight is 373 g/mol. The van der Waals surface area contributed by atoms with E-state index in [0.717, 1.165) is 24.3 Å². The van der Waals surface area contributed by atoms with Crippen LogP contribution in [0, 0.1) is 38.9 Å². The Morgan fingerprint density at radius 1 is 1.23 bits per heavy atom. The number of rotatable bonds is 3. The van der Waals surface area contributed by atoms with Gasteiger partial charge >= 0.3 is 5.69 Å². The molecule has 2 rings (SSSR count). The van der Waals surface area contributed by atoms with E-state index in [1.54, 1.807) is 6.07 Å². The zero-order valence-electron chi connectivity index (χ0n) is 10.4. The minimum absolute atomic E-state index is 0.134. The van der Waals surface area contributed by atoms with Gasteiger partial charge in [0, 0.05) is 12.1 Å². The van der Waals surface area contributed by atoms with Gasteiger partial charge in [0.05, 0.1) is 15.0 Å². The molecule has 9 heteroatoms. The summed E-state index contributed by atoms with van der Waals surface area (Å²) in [4.78, 5) is 9.49. The molecular weight excluding hydrogens is 369 g/mol. The van der Waals surface area contributed by atoms with Crippen LogP contribution in [0.4, 0.5) is 18.9 Å². The second-order valence-corrected chi connectivity index (χ2v) is 4.80. The van der Waals surface area contributed by atoms with Crippen LogP contribution < -0.4 is 4.74 Å². The van der Waals surface area contributed by atoms with Crippen LogP contribution in [-0.2, 0) is 0 Å². The molecule has 5 nitrogen and oxygen atoms in total. The van der Waals surface area contributed by atoms with Crippen molar-refractivity contribution in [1.29, 1.82) is 5.26 Å². The third-order valence-electron chi connectivity index (χ3n) is 2.57. The Hall–Kier alpha value is -2.60. The Morgan fingerprint density at radius 2 is 1.91 bits per heavy atom. The van der Waals surface area contributed by atoms with E-state index in [1.165, 1.54) is 0 Å². The van der Waals surface area contributed by atoms with E-state index in [-0.39, 0.29) is 15.8 Å².